The van der Waals surface area contributed by atoms with E-state index >= 15 is 0 Å². The summed E-state index contributed by atoms with van der Waals surface area (Å²) >= 11 is 1.63. The molecule has 3 aromatic rings. The zero-order chi connectivity index (χ0) is 16.0. The number of carboxylic acid groups (broad SMARTS) is 1. The summed E-state index contributed by atoms with van der Waals surface area (Å²) in [5.74, 6) is -0.953. The lowest BCUT2D eigenvalue weighted by Gasteiger charge is -2.06. The van der Waals surface area contributed by atoms with E-state index in [-0.39, 0.29) is 11.1 Å². The van der Waals surface area contributed by atoms with E-state index in [1.54, 1.807) is 46.5 Å². The van der Waals surface area contributed by atoms with E-state index in [4.69, 9.17) is 5.11 Å². The zero-order valence-corrected chi connectivity index (χ0v) is 13.1. The van der Waals surface area contributed by atoms with Gasteiger partial charge in [0.2, 0.25) is 0 Å². The molecule has 0 aliphatic heterocycles. The van der Waals surface area contributed by atoms with Crippen LogP contribution in [0.3, 0.4) is 0 Å². The fourth-order valence-electron chi connectivity index (χ4n) is 3.08. The number of thiophene rings is 1. The molecule has 0 saturated heterocycles. The fourth-order valence-corrected chi connectivity index (χ4v) is 4.30. The Kier molecular flexibility index (Phi) is 3.27. The number of aromatic carboxylic acids is 1. The first-order valence-corrected chi connectivity index (χ1v) is 8.27. The van der Waals surface area contributed by atoms with Crippen LogP contribution in [-0.4, -0.2) is 20.6 Å². The predicted molar refractivity (Wildman–Crippen MR) is 88.4 cm³/mol. The normalized spacial score (nSPS) is 13.4. The maximum atomic E-state index is 12.8. The number of carbonyl (C=O) groups is 1. The number of aryl methyl sites for hydroxylation is 2. The molecule has 1 aliphatic carbocycles. The number of hydrogen-bond donors (Lipinski definition) is 1. The third kappa shape index (κ3) is 2.35. The molecule has 0 spiro atoms. The quantitative estimate of drug-likeness (QED) is 0.803. The van der Waals surface area contributed by atoms with Crippen molar-refractivity contribution in [2.75, 3.05) is 0 Å². The minimum Gasteiger partial charge on any atom is -0.478 e. The molecule has 1 aromatic carbocycles. The third-order valence-corrected chi connectivity index (χ3v) is 5.45. The van der Waals surface area contributed by atoms with E-state index in [1.807, 2.05) is 0 Å². The summed E-state index contributed by atoms with van der Waals surface area (Å²) in [6, 6.07) is 6.57. The topological polar surface area (TPSA) is 72.2 Å². The third-order valence-electron chi connectivity index (χ3n) is 4.25. The van der Waals surface area contributed by atoms with Crippen LogP contribution in [0.5, 0.6) is 0 Å². The Morgan fingerprint density at radius 1 is 1.26 bits per heavy atom. The van der Waals surface area contributed by atoms with Crippen LogP contribution >= 0.6 is 11.3 Å². The molecule has 0 unspecified atom stereocenters. The molecule has 0 amide bonds. The van der Waals surface area contributed by atoms with Crippen LogP contribution in [0.15, 0.2) is 35.4 Å². The SMILES string of the molecule is O=C(O)c1ccc(Cn2cnc3sc4c(c3c2=O)CCC4)cc1. The average Bonchev–Trinajstić information content (AvgIpc) is 3.11. The van der Waals surface area contributed by atoms with Gasteiger partial charge in [-0.05, 0) is 42.5 Å². The summed E-state index contributed by atoms with van der Waals surface area (Å²) in [7, 11) is 0. The van der Waals surface area contributed by atoms with Gasteiger partial charge in [-0.25, -0.2) is 9.78 Å². The van der Waals surface area contributed by atoms with Crippen LogP contribution < -0.4 is 5.56 Å². The number of rotatable bonds is 3. The predicted octanol–water partition coefficient (Wildman–Crippen LogP) is 2.69. The molecule has 0 atom stereocenters. The number of hydrogen-bond acceptors (Lipinski definition) is 4. The molecule has 2 aromatic heterocycles. The molecule has 2 heterocycles. The standard InChI is InChI=1S/C17H14N2O3S/c20-16-14-12-2-1-3-13(12)23-15(14)18-9-19(16)8-10-4-6-11(7-5-10)17(21)22/h4-7,9H,1-3,8H2,(H,21,22). The molecule has 4 rings (SSSR count). The average molecular weight is 326 g/mol. The van der Waals surface area contributed by atoms with Crippen LogP contribution in [-0.2, 0) is 19.4 Å². The monoisotopic (exact) mass is 326 g/mol. The van der Waals surface area contributed by atoms with Gasteiger partial charge < -0.3 is 5.11 Å². The van der Waals surface area contributed by atoms with Crippen molar-refractivity contribution in [3.63, 3.8) is 0 Å². The molecule has 6 heteroatoms. The summed E-state index contributed by atoms with van der Waals surface area (Å²) in [6.07, 6.45) is 4.71. The van der Waals surface area contributed by atoms with Gasteiger partial charge in [-0.15, -0.1) is 11.3 Å². The highest BCUT2D eigenvalue weighted by Gasteiger charge is 2.21. The molecule has 1 N–H and O–H groups in total. The van der Waals surface area contributed by atoms with Crippen molar-refractivity contribution in [2.45, 2.75) is 25.8 Å². The summed E-state index contributed by atoms with van der Waals surface area (Å²) in [5, 5.41) is 9.70. The molecule has 1 aliphatic rings. The molecule has 5 nitrogen and oxygen atoms in total. The van der Waals surface area contributed by atoms with E-state index in [2.05, 4.69) is 4.98 Å². The van der Waals surface area contributed by atoms with Crippen molar-refractivity contribution in [3.8, 4) is 0 Å². The second-order valence-electron chi connectivity index (χ2n) is 5.72. The Balaban J connectivity index is 1.73. The van der Waals surface area contributed by atoms with Gasteiger partial charge in [0.15, 0.2) is 0 Å². The minimum absolute atomic E-state index is 0.00305. The molecule has 0 radical (unpaired) electrons. The van der Waals surface area contributed by atoms with Crippen LogP contribution in [0.2, 0.25) is 0 Å². The number of aromatic nitrogens is 2. The van der Waals surface area contributed by atoms with Crippen LogP contribution in [0, 0.1) is 0 Å². The second-order valence-corrected chi connectivity index (χ2v) is 6.80. The second kappa shape index (κ2) is 5.31. The molecule has 23 heavy (non-hydrogen) atoms. The van der Waals surface area contributed by atoms with E-state index in [1.165, 1.54) is 10.4 Å². The summed E-state index contributed by atoms with van der Waals surface area (Å²) < 4.78 is 1.60. The van der Waals surface area contributed by atoms with E-state index in [0.29, 0.717) is 6.54 Å². The smallest absolute Gasteiger partial charge is 0.335 e. The highest BCUT2D eigenvalue weighted by molar-refractivity contribution is 7.18. The van der Waals surface area contributed by atoms with E-state index < -0.39 is 5.97 Å². The Morgan fingerprint density at radius 3 is 2.78 bits per heavy atom. The lowest BCUT2D eigenvalue weighted by molar-refractivity contribution is 0.0697. The lowest BCUT2D eigenvalue weighted by atomic mass is 10.1. The molecule has 0 fully saturated rings. The van der Waals surface area contributed by atoms with Gasteiger partial charge in [-0.1, -0.05) is 12.1 Å². The van der Waals surface area contributed by atoms with Gasteiger partial charge >= 0.3 is 5.97 Å². The fraction of sp³-hybridized carbons (Fsp3) is 0.235. The first kappa shape index (κ1) is 14.1. The van der Waals surface area contributed by atoms with Gasteiger partial charge in [-0.2, -0.15) is 0 Å². The number of carboxylic acids is 1. The van der Waals surface area contributed by atoms with E-state index in [0.717, 1.165) is 35.0 Å². The molecular weight excluding hydrogens is 312 g/mol. The number of benzene rings is 1. The van der Waals surface area contributed by atoms with E-state index in [9.17, 15) is 9.59 Å². The summed E-state index contributed by atoms with van der Waals surface area (Å²) in [6.45, 7) is 0.395. The molecule has 116 valence electrons. The number of fused-ring (bicyclic) bond motifs is 3. The van der Waals surface area contributed by atoms with Crippen molar-refractivity contribution < 1.29 is 9.90 Å². The Labute approximate surface area is 135 Å². The summed E-state index contributed by atoms with van der Waals surface area (Å²) in [4.78, 5) is 30.2. The molecular formula is C17H14N2O3S. The van der Waals surface area contributed by atoms with Crippen LogP contribution in [0.1, 0.15) is 32.8 Å². The Bertz CT molecular complexity index is 970. The van der Waals surface area contributed by atoms with Crippen LogP contribution in [0.4, 0.5) is 0 Å². The van der Waals surface area contributed by atoms with Gasteiger partial charge in [0, 0.05) is 4.88 Å². The van der Waals surface area contributed by atoms with Gasteiger partial charge in [0.1, 0.15) is 4.83 Å². The van der Waals surface area contributed by atoms with Crippen molar-refractivity contribution in [3.05, 3.63) is 62.5 Å². The number of nitrogens with zero attached hydrogens (tertiary/aromatic N) is 2. The molecule has 0 bridgehead atoms. The maximum absolute atomic E-state index is 12.8. The Morgan fingerprint density at radius 2 is 2.04 bits per heavy atom. The maximum Gasteiger partial charge on any atom is 0.335 e. The Hall–Kier alpha value is -2.47. The highest BCUT2D eigenvalue weighted by atomic mass is 32.1. The van der Waals surface area contributed by atoms with Crippen molar-refractivity contribution in [1.82, 2.24) is 9.55 Å². The van der Waals surface area contributed by atoms with Crippen LogP contribution in [0.25, 0.3) is 10.2 Å². The minimum atomic E-state index is -0.953. The van der Waals surface area contributed by atoms with Gasteiger partial charge in [0.05, 0.1) is 23.8 Å². The van der Waals surface area contributed by atoms with Gasteiger partial charge in [-0.3, -0.25) is 9.36 Å². The largest absolute Gasteiger partial charge is 0.478 e. The summed E-state index contributed by atoms with van der Waals surface area (Å²) in [5.41, 5.74) is 2.30. The molecule has 0 saturated carbocycles. The first-order chi connectivity index (χ1) is 11.1. The lowest BCUT2D eigenvalue weighted by Crippen LogP contribution is -2.21. The first-order valence-electron chi connectivity index (χ1n) is 7.45. The van der Waals surface area contributed by atoms with Crippen molar-refractivity contribution in [2.24, 2.45) is 0 Å². The van der Waals surface area contributed by atoms with Gasteiger partial charge in [0.25, 0.3) is 5.56 Å². The van der Waals surface area contributed by atoms with Crippen molar-refractivity contribution in [1.29, 1.82) is 0 Å². The highest BCUT2D eigenvalue weighted by Crippen LogP contribution is 2.34. The zero-order valence-electron chi connectivity index (χ0n) is 12.3. The van der Waals surface area contributed by atoms with Crippen molar-refractivity contribution >= 4 is 27.5 Å².